The zero-order chi connectivity index (χ0) is 20.8. The van der Waals surface area contributed by atoms with E-state index in [1.807, 2.05) is 36.7 Å². The van der Waals surface area contributed by atoms with Crippen LogP contribution in [-0.4, -0.2) is 22.6 Å². The highest BCUT2D eigenvalue weighted by Gasteiger charge is 2.11. The van der Waals surface area contributed by atoms with Crippen molar-refractivity contribution in [3.8, 4) is 0 Å². The zero-order valence-corrected chi connectivity index (χ0v) is 17.4. The second-order valence-electron chi connectivity index (χ2n) is 7.20. The normalized spacial score (nSPS) is 11.7. The van der Waals surface area contributed by atoms with Gasteiger partial charge in [-0.25, -0.2) is 4.98 Å². The second-order valence-corrected chi connectivity index (χ2v) is 7.20. The van der Waals surface area contributed by atoms with Crippen LogP contribution in [0, 0.1) is 6.92 Å². The average Bonchev–Trinajstić information content (AvgIpc) is 3.37. The van der Waals surface area contributed by atoms with Gasteiger partial charge in [0.05, 0.1) is 13.1 Å². The lowest BCUT2D eigenvalue weighted by Crippen LogP contribution is -2.37. The monoisotopic (exact) mass is 401 g/mol. The first-order chi connectivity index (χ1) is 14.7. The number of hydrogen-bond donors (Lipinski definition) is 2. The van der Waals surface area contributed by atoms with Gasteiger partial charge in [-0.2, -0.15) is 0 Å². The van der Waals surface area contributed by atoms with Gasteiger partial charge in [0, 0.05) is 36.9 Å². The van der Waals surface area contributed by atoms with Crippen LogP contribution in [0.25, 0.3) is 11.0 Å². The van der Waals surface area contributed by atoms with Crippen molar-refractivity contribution < 1.29 is 4.42 Å². The minimum absolute atomic E-state index is 0.572. The maximum absolute atomic E-state index is 5.98. The van der Waals surface area contributed by atoms with Crippen LogP contribution in [0.15, 0.2) is 76.4 Å². The summed E-state index contributed by atoms with van der Waals surface area (Å²) in [5.41, 5.74) is 3.39. The fraction of sp³-hybridized carbons (Fsp3) is 0.250. The molecular weight excluding hydrogens is 374 g/mol. The molecule has 0 radical (unpaired) electrons. The van der Waals surface area contributed by atoms with E-state index in [1.165, 1.54) is 5.56 Å². The second kappa shape index (κ2) is 9.31. The van der Waals surface area contributed by atoms with E-state index < -0.39 is 0 Å². The molecular formula is C24H27N5O. The lowest BCUT2D eigenvalue weighted by Gasteiger charge is -2.13. The zero-order valence-electron chi connectivity index (χ0n) is 17.4. The lowest BCUT2D eigenvalue weighted by molar-refractivity contribution is 0.534. The molecule has 0 bridgehead atoms. The van der Waals surface area contributed by atoms with E-state index in [-0.39, 0.29) is 0 Å². The van der Waals surface area contributed by atoms with E-state index in [2.05, 4.69) is 62.4 Å². The summed E-state index contributed by atoms with van der Waals surface area (Å²) in [7, 11) is 1.77. The van der Waals surface area contributed by atoms with Crippen molar-refractivity contribution in [2.75, 3.05) is 7.05 Å². The lowest BCUT2D eigenvalue weighted by atomic mass is 10.1. The Morgan fingerprint density at radius 1 is 1.03 bits per heavy atom. The van der Waals surface area contributed by atoms with Crippen LogP contribution >= 0.6 is 0 Å². The summed E-state index contributed by atoms with van der Waals surface area (Å²) >= 11 is 0. The summed E-state index contributed by atoms with van der Waals surface area (Å²) in [6.07, 6.45) is 4.84. The Morgan fingerprint density at radius 3 is 2.60 bits per heavy atom. The molecule has 2 aromatic carbocycles. The quantitative estimate of drug-likeness (QED) is 0.362. The summed E-state index contributed by atoms with van der Waals surface area (Å²) in [4.78, 5) is 8.82. The molecule has 0 amide bonds. The van der Waals surface area contributed by atoms with Crippen molar-refractivity contribution in [3.05, 3.63) is 89.7 Å². The Morgan fingerprint density at radius 2 is 1.80 bits per heavy atom. The number of para-hydroxylation sites is 1. The summed E-state index contributed by atoms with van der Waals surface area (Å²) in [6, 6.07) is 18.6. The van der Waals surface area contributed by atoms with Crippen molar-refractivity contribution in [1.29, 1.82) is 0 Å². The van der Waals surface area contributed by atoms with Gasteiger partial charge >= 0.3 is 0 Å². The third-order valence-corrected chi connectivity index (χ3v) is 5.28. The number of fused-ring (bicyclic) bond motifs is 1. The number of nitrogens with one attached hydrogen (secondary N) is 2. The molecule has 0 aliphatic rings. The molecule has 0 saturated carbocycles. The molecule has 0 unspecified atom stereocenters. The Balaban J connectivity index is 1.33. The maximum Gasteiger partial charge on any atom is 0.191 e. The van der Waals surface area contributed by atoms with E-state index in [0.717, 1.165) is 41.1 Å². The molecule has 0 aliphatic heterocycles. The van der Waals surface area contributed by atoms with E-state index in [1.54, 1.807) is 7.05 Å². The number of imidazole rings is 1. The molecule has 0 saturated heterocycles. The molecule has 2 aromatic heterocycles. The molecule has 4 aromatic rings. The number of aromatic nitrogens is 2. The van der Waals surface area contributed by atoms with Crippen molar-refractivity contribution in [3.63, 3.8) is 0 Å². The Labute approximate surface area is 176 Å². The summed E-state index contributed by atoms with van der Waals surface area (Å²) in [5.74, 6) is 2.62. The summed E-state index contributed by atoms with van der Waals surface area (Å²) in [5, 5.41) is 7.83. The van der Waals surface area contributed by atoms with Crippen LogP contribution < -0.4 is 10.6 Å². The highest BCUT2D eigenvalue weighted by Crippen LogP contribution is 2.24. The van der Waals surface area contributed by atoms with Gasteiger partial charge in [-0.3, -0.25) is 4.99 Å². The molecule has 0 atom stereocenters. The van der Waals surface area contributed by atoms with Crippen LogP contribution in [0.5, 0.6) is 0 Å². The minimum Gasteiger partial charge on any atom is -0.459 e. The molecule has 2 N–H and O–H groups in total. The third kappa shape index (κ3) is 4.54. The molecule has 154 valence electrons. The number of rotatable bonds is 7. The van der Waals surface area contributed by atoms with Crippen LogP contribution in [0.4, 0.5) is 0 Å². The number of aryl methyl sites for hydroxylation is 3. The standard InChI is InChI=1S/C24H27N5O/c1-18-20-10-6-7-11-21(20)30-22(18)16-27-24(25-2)28-17-23-26-13-15-29(23)14-12-19-8-4-3-5-9-19/h3-11,13,15H,12,14,16-17H2,1-2H3,(H2,25,27,28). The van der Waals surface area contributed by atoms with E-state index >= 15 is 0 Å². The highest BCUT2D eigenvalue weighted by molar-refractivity contribution is 5.82. The predicted molar refractivity (Wildman–Crippen MR) is 120 cm³/mol. The maximum atomic E-state index is 5.98. The first kappa shape index (κ1) is 19.8. The fourth-order valence-electron chi connectivity index (χ4n) is 3.55. The largest absolute Gasteiger partial charge is 0.459 e. The molecule has 2 heterocycles. The number of nitrogens with zero attached hydrogens (tertiary/aromatic N) is 3. The molecule has 30 heavy (non-hydrogen) atoms. The number of guanidine groups is 1. The molecule has 6 nitrogen and oxygen atoms in total. The van der Waals surface area contributed by atoms with Gasteiger partial charge < -0.3 is 19.6 Å². The smallest absolute Gasteiger partial charge is 0.191 e. The fourth-order valence-corrected chi connectivity index (χ4v) is 3.55. The first-order valence-corrected chi connectivity index (χ1v) is 10.2. The summed E-state index contributed by atoms with van der Waals surface area (Å²) < 4.78 is 8.15. The number of benzene rings is 2. The van der Waals surface area contributed by atoms with E-state index in [0.29, 0.717) is 19.0 Å². The van der Waals surface area contributed by atoms with Gasteiger partial charge in [-0.15, -0.1) is 0 Å². The van der Waals surface area contributed by atoms with Gasteiger partial charge in [0.2, 0.25) is 0 Å². The number of hydrogen-bond acceptors (Lipinski definition) is 3. The Bertz CT molecular complexity index is 1130. The molecule has 4 rings (SSSR count). The van der Waals surface area contributed by atoms with Gasteiger partial charge in [0.25, 0.3) is 0 Å². The van der Waals surface area contributed by atoms with Gasteiger partial charge in [0.1, 0.15) is 17.2 Å². The SMILES string of the molecule is CN=C(NCc1oc2ccccc2c1C)NCc1nccn1CCc1ccccc1. The van der Waals surface area contributed by atoms with Crippen molar-refractivity contribution in [2.45, 2.75) is 33.0 Å². The topological polar surface area (TPSA) is 67.4 Å². The summed E-state index contributed by atoms with van der Waals surface area (Å²) in [6.45, 7) is 4.15. The van der Waals surface area contributed by atoms with Gasteiger partial charge in [-0.1, -0.05) is 48.5 Å². The molecule has 0 spiro atoms. The van der Waals surface area contributed by atoms with Crippen molar-refractivity contribution in [1.82, 2.24) is 20.2 Å². The van der Waals surface area contributed by atoms with E-state index in [9.17, 15) is 0 Å². The molecule has 6 heteroatoms. The Hall–Kier alpha value is -3.54. The minimum atomic E-state index is 0.572. The van der Waals surface area contributed by atoms with E-state index in [4.69, 9.17) is 4.42 Å². The highest BCUT2D eigenvalue weighted by atomic mass is 16.3. The predicted octanol–water partition coefficient (Wildman–Crippen LogP) is 4.05. The molecule has 0 aliphatic carbocycles. The Kier molecular flexibility index (Phi) is 6.13. The first-order valence-electron chi connectivity index (χ1n) is 10.2. The van der Waals surface area contributed by atoms with Gasteiger partial charge in [0.15, 0.2) is 5.96 Å². The van der Waals surface area contributed by atoms with Crippen molar-refractivity contribution >= 4 is 16.9 Å². The van der Waals surface area contributed by atoms with Crippen LogP contribution in [0.2, 0.25) is 0 Å². The number of furan rings is 1. The number of aliphatic imine (C=N–C) groups is 1. The van der Waals surface area contributed by atoms with Crippen LogP contribution in [-0.2, 0) is 26.1 Å². The van der Waals surface area contributed by atoms with Crippen molar-refractivity contribution in [2.24, 2.45) is 4.99 Å². The third-order valence-electron chi connectivity index (χ3n) is 5.28. The van der Waals surface area contributed by atoms with Gasteiger partial charge in [-0.05, 0) is 25.0 Å². The van der Waals surface area contributed by atoms with Crippen LogP contribution in [0.1, 0.15) is 22.7 Å². The average molecular weight is 402 g/mol. The molecule has 0 fully saturated rings. The van der Waals surface area contributed by atoms with Crippen LogP contribution in [0.3, 0.4) is 0 Å².